The Morgan fingerprint density at radius 1 is 0.880 bits per heavy atom. The zero-order chi connectivity index (χ0) is 18.1. The van der Waals surface area contributed by atoms with Crippen LogP contribution in [0.25, 0.3) is 6.08 Å². The van der Waals surface area contributed by atoms with Gasteiger partial charge in [0.15, 0.2) is 0 Å². The number of benzene rings is 2. The quantitative estimate of drug-likeness (QED) is 0.453. The Balaban J connectivity index is 1.79. The van der Waals surface area contributed by atoms with Crippen molar-refractivity contribution in [1.82, 2.24) is 10.9 Å². The largest absolute Gasteiger partial charge is 0.328 e. The molecule has 0 heterocycles. The minimum atomic E-state index is -0.957. The maximum absolute atomic E-state index is 11.8. The fourth-order valence-corrected chi connectivity index (χ4v) is 1.96. The molecule has 0 saturated carbocycles. The molecule has 0 spiro atoms. The molecule has 3 N–H and O–H groups in total. The normalized spacial score (nSPS) is 10.3. The highest BCUT2D eigenvalue weighted by atomic mass is 16.2. The van der Waals surface area contributed by atoms with Crippen LogP contribution in [0.15, 0.2) is 60.7 Å². The summed E-state index contributed by atoms with van der Waals surface area (Å²) in [7, 11) is 0. The molecule has 0 aliphatic heterocycles. The minimum Gasteiger partial charge on any atom is -0.318 e. The molecule has 128 valence electrons. The number of hydrogen-bond acceptors (Lipinski definition) is 3. The Morgan fingerprint density at radius 3 is 2.20 bits per heavy atom. The van der Waals surface area contributed by atoms with Crippen LogP contribution in [0.3, 0.4) is 0 Å². The second-order valence-corrected chi connectivity index (χ2v) is 5.19. The number of carbonyl (C=O) groups is 3. The van der Waals surface area contributed by atoms with Crippen molar-refractivity contribution in [3.05, 3.63) is 71.8 Å². The van der Waals surface area contributed by atoms with Gasteiger partial charge >= 0.3 is 11.8 Å². The summed E-state index contributed by atoms with van der Waals surface area (Å²) >= 11 is 0. The molecule has 0 aromatic heterocycles. The van der Waals surface area contributed by atoms with Crippen LogP contribution in [0.5, 0.6) is 0 Å². The van der Waals surface area contributed by atoms with Crippen molar-refractivity contribution in [3.63, 3.8) is 0 Å². The third-order valence-corrected chi connectivity index (χ3v) is 3.35. The minimum absolute atomic E-state index is 0.507. The molecule has 2 aromatic carbocycles. The molecule has 25 heavy (non-hydrogen) atoms. The summed E-state index contributed by atoms with van der Waals surface area (Å²) in [5.41, 5.74) is 6.69. The van der Waals surface area contributed by atoms with Crippen molar-refractivity contribution >= 4 is 29.5 Å². The first-order chi connectivity index (χ1) is 12.1. The Kier molecular flexibility index (Phi) is 6.47. The van der Waals surface area contributed by atoms with Gasteiger partial charge < -0.3 is 5.32 Å². The number of amides is 3. The SMILES string of the molecule is CCc1ccc(NC(=O)C(=O)NNC(=O)/C=C/c2ccccc2)cc1. The second-order valence-electron chi connectivity index (χ2n) is 5.19. The van der Waals surface area contributed by atoms with E-state index < -0.39 is 17.7 Å². The van der Waals surface area contributed by atoms with E-state index in [4.69, 9.17) is 0 Å². The van der Waals surface area contributed by atoms with Gasteiger partial charge in [-0.2, -0.15) is 0 Å². The van der Waals surface area contributed by atoms with Gasteiger partial charge in [0.25, 0.3) is 5.91 Å². The van der Waals surface area contributed by atoms with E-state index in [1.807, 2.05) is 49.4 Å². The molecule has 6 nitrogen and oxygen atoms in total. The lowest BCUT2D eigenvalue weighted by molar-refractivity contribution is -0.137. The Bertz CT molecular complexity index is 768. The smallest absolute Gasteiger partial charge is 0.318 e. The topological polar surface area (TPSA) is 87.3 Å². The molecule has 2 rings (SSSR count). The van der Waals surface area contributed by atoms with Gasteiger partial charge in [0.1, 0.15) is 0 Å². The Labute approximate surface area is 145 Å². The monoisotopic (exact) mass is 337 g/mol. The van der Waals surface area contributed by atoms with Crippen molar-refractivity contribution in [3.8, 4) is 0 Å². The molecule has 0 aliphatic rings. The third-order valence-electron chi connectivity index (χ3n) is 3.35. The van der Waals surface area contributed by atoms with E-state index in [9.17, 15) is 14.4 Å². The van der Waals surface area contributed by atoms with Crippen molar-refractivity contribution < 1.29 is 14.4 Å². The highest BCUT2D eigenvalue weighted by molar-refractivity contribution is 6.39. The zero-order valence-corrected chi connectivity index (χ0v) is 13.8. The molecule has 0 fully saturated rings. The van der Waals surface area contributed by atoms with E-state index in [-0.39, 0.29) is 0 Å². The highest BCUT2D eigenvalue weighted by Crippen LogP contribution is 2.09. The van der Waals surface area contributed by atoms with Crippen LogP contribution < -0.4 is 16.2 Å². The van der Waals surface area contributed by atoms with Gasteiger partial charge in [-0.3, -0.25) is 25.2 Å². The number of rotatable bonds is 4. The lowest BCUT2D eigenvalue weighted by atomic mass is 10.1. The molecule has 0 unspecified atom stereocenters. The number of hydrogen-bond donors (Lipinski definition) is 3. The van der Waals surface area contributed by atoms with Crippen molar-refractivity contribution in [2.24, 2.45) is 0 Å². The molecular formula is C19H19N3O3. The van der Waals surface area contributed by atoms with E-state index in [1.54, 1.807) is 18.2 Å². The third kappa shape index (κ3) is 5.95. The van der Waals surface area contributed by atoms with Crippen LogP contribution in [-0.4, -0.2) is 17.7 Å². The summed E-state index contributed by atoms with van der Waals surface area (Å²) in [6.45, 7) is 2.02. The van der Waals surface area contributed by atoms with E-state index >= 15 is 0 Å². The summed E-state index contributed by atoms with van der Waals surface area (Å²) < 4.78 is 0. The lowest BCUT2D eigenvalue weighted by Crippen LogP contribution is -2.46. The maximum atomic E-state index is 11.8. The molecular weight excluding hydrogens is 318 g/mol. The Morgan fingerprint density at radius 2 is 1.56 bits per heavy atom. The lowest BCUT2D eigenvalue weighted by Gasteiger charge is -2.07. The first-order valence-electron chi connectivity index (χ1n) is 7.82. The predicted molar refractivity (Wildman–Crippen MR) is 96.2 cm³/mol. The number of aryl methyl sites for hydroxylation is 1. The zero-order valence-electron chi connectivity index (χ0n) is 13.8. The molecule has 3 amide bonds. The van der Waals surface area contributed by atoms with E-state index in [0.29, 0.717) is 5.69 Å². The number of nitrogens with one attached hydrogen (secondary N) is 3. The number of hydrazine groups is 1. The molecule has 0 atom stereocenters. The van der Waals surface area contributed by atoms with Gasteiger partial charge in [-0.05, 0) is 35.8 Å². The van der Waals surface area contributed by atoms with Crippen LogP contribution in [0.4, 0.5) is 5.69 Å². The average Bonchev–Trinajstić information content (AvgIpc) is 2.65. The van der Waals surface area contributed by atoms with E-state index in [2.05, 4.69) is 16.2 Å². The van der Waals surface area contributed by atoms with Gasteiger partial charge in [-0.1, -0.05) is 49.4 Å². The first kappa shape index (κ1) is 17.9. The van der Waals surface area contributed by atoms with Gasteiger partial charge in [0.05, 0.1) is 0 Å². The van der Waals surface area contributed by atoms with Crippen LogP contribution in [-0.2, 0) is 20.8 Å². The first-order valence-corrected chi connectivity index (χ1v) is 7.82. The standard InChI is InChI=1S/C19H19N3O3/c1-2-14-8-11-16(12-9-14)20-18(24)19(25)22-21-17(23)13-10-15-6-4-3-5-7-15/h3-13H,2H2,1H3,(H,20,24)(H,21,23)(H,22,25)/b13-10+. The summed E-state index contributed by atoms with van der Waals surface area (Å²) in [5.74, 6) is -2.37. The van der Waals surface area contributed by atoms with Gasteiger partial charge in [-0.15, -0.1) is 0 Å². The number of carbonyl (C=O) groups excluding carboxylic acids is 3. The Hall–Kier alpha value is -3.41. The fraction of sp³-hybridized carbons (Fsp3) is 0.105. The van der Waals surface area contributed by atoms with Crippen LogP contribution in [0.1, 0.15) is 18.1 Å². The molecule has 0 bridgehead atoms. The predicted octanol–water partition coefficient (Wildman–Crippen LogP) is 2.05. The summed E-state index contributed by atoms with van der Waals surface area (Å²) in [4.78, 5) is 35.1. The van der Waals surface area contributed by atoms with Gasteiger partial charge in [0, 0.05) is 11.8 Å². The van der Waals surface area contributed by atoms with Crippen LogP contribution in [0.2, 0.25) is 0 Å². The molecule has 2 aromatic rings. The molecule has 0 radical (unpaired) electrons. The van der Waals surface area contributed by atoms with Gasteiger partial charge in [-0.25, -0.2) is 0 Å². The molecule has 0 saturated heterocycles. The highest BCUT2D eigenvalue weighted by Gasteiger charge is 2.13. The summed E-state index contributed by atoms with van der Waals surface area (Å²) in [5, 5.41) is 2.45. The van der Waals surface area contributed by atoms with Gasteiger partial charge in [0.2, 0.25) is 0 Å². The van der Waals surface area contributed by atoms with Crippen molar-refractivity contribution in [2.75, 3.05) is 5.32 Å². The maximum Gasteiger partial charge on any atom is 0.328 e. The summed E-state index contributed by atoms with van der Waals surface area (Å²) in [6.07, 6.45) is 3.74. The molecule has 6 heteroatoms. The van der Waals surface area contributed by atoms with Crippen LogP contribution >= 0.6 is 0 Å². The fourth-order valence-electron chi connectivity index (χ4n) is 1.96. The average molecular weight is 337 g/mol. The van der Waals surface area contributed by atoms with E-state index in [1.165, 1.54) is 6.08 Å². The second kappa shape index (κ2) is 9.02. The summed E-state index contributed by atoms with van der Waals surface area (Å²) in [6, 6.07) is 16.4. The van der Waals surface area contributed by atoms with Crippen LogP contribution in [0, 0.1) is 0 Å². The van der Waals surface area contributed by atoms with Crippen molar-refractivity contribution in [2.45, 2.75) is 13.3 Å². The van der Waals surface area contributed by atoms with E-state index in [0.717, 1.165) is 17.5 Å². The van der Waals surface area contributed by atoms with Crippen molar-refractivity contribution in [1.29, 1.82) is 0 Å². The number of anilines is 1. The molecule has 0 aliphatic carbocycles.